The lowest BCUT2D eigenvalue weighted by atomic mass is 9.57. The van der Waals surface area contributed by atoms with Crippen LogP contribution >= 0.6 is 0 Å². The molecule has 12 nitrogen and oxygen atoms in total. The Balaban J connectivity index is 1.89. The van der Waals surface area contributed by atoms with E-state index < -0.39 is 58.0 Å². The highest BCUT2D eigenvalue weighted by Crippen LogP contribution is 2.53. The molecule has 3 aliphatic carbocycles. The smallest absolute Gasteiger partial charge is 0.255 e. The van der Waals surface area contributed by atoms with Crippen LogP contribution in [0, 0.1) is 11.8 Å². The Morgan fingerprint density at radius 2 is 1.78 bits per heavy atom. The summed E-state index contributed by atoms with van der Waals surface area (Å²) in [6.07, 6.45) is 0.0486. The first-order valence-electron chi connectivity index (χ1n) is 11.7. The zero-order valence-electron chi connectivity index (χ0n) is 20.9. The number of nitrogens with zero attached hydrogens (tertiary/aromatic N) is 2. The van der Waals surface area contributed by atoms with Gasteiger partial charge in [0.15, 0.2) is 11.4 Å². The lowest BCUT2D eigenvalue weighted by Crippen LogP contribution is -2.65. The topological polar surface area (TPSA) is 194 Å². The molecule has 37 heavy (non-hydrogen) atoms. The van der Waals surface area contributed by atoms with E-state index in [9.17, 15) is 39.6 Å². The molecule has 7 N–H and O–H groups in total. The number of carbonyl (C=O) groups excluding carboxylic acids is 4. The molecule has 0 spiro atoms. The Morgan fingerprint density at radius 3 is 2.35 bits per heavy atom. The number of likely N-dealkylation sites (N-methyl/N-ethyl adjacent to an activating group) is 2. The van der Waals surface area contributed by atoms with E-state index in [2.05, 4.69) is 5.32 Å². The van der Waals surface area contributed by atoms with Gasteiger partial charge in [-0.25, -0.2) is 0 Å². The quantitative estimate of drug-likeness (QED) is 0.220. The number of nitrogens with two attached hydrogens (primary N) is 1. The molecule has 0 saturated heterocycles. The van der Waals surface area contributed by atoms with Gasteiger partial charge >= 0.3 is 0 Å². The zero-order chi connectivity index (χ0) is 27.6. The number of anilines is 1. The summed E-state index contributed by atoms with van der Waals surface area (Å²) >= 11 is 0. The number of fused-ring (bicyclic) bond motifs is 3. The van der Waals surface area contributed by atoms with Crippen LogP contribution in [0.15, 0.2) is 29.0 Å². The maximum absolute atomic E-state index is 13.8. The van der Waals surface area contributed by atoms with Gasteiger partial charge in [-0.05, 0) is 64.6 Å². The van der Waals surface area contributed by atoms with Crippen molar-refractivity contribution in [2.24, 2.45) is 17.6 Å². The summed E-state index contributed by atoms with van der Waals surface area (Å²) in [4.78, 5) is 54.5. The van der Waals surface area contributed by atoms with Crippen LogP contribution in [0.3, 0.4) is 0 Å². The molecule has 12 heteroatoms. The number of hydrogen-bond acceptors (Lipinski definition) is 10. The van der Waals surface area contributed by atoms with Crippen molar-refractivity contribution in [1.82, 2.24) is 9.80 Å². The Hall–Kier alpha value is -3.74. The maximum atomic E-state index is 13.8. The number of phenolic OH excluding ortho intramolecular Hbond substituents is 1. The molecule has 1 saturated carbocycles. The van der Waals surface area contributed by atoms with Crippen LogP contribution in [-0.4, -0.2) is 100.0 Å². The number of aliphatic hydroxyl groups is 3. The normalized spacial score (nSPS) is 27.3. The van der Waals surface area contributed by atoms with Gasteiger partial charge in [0.2, 0.25) is 11.7 Å². The van der Waals surface area contributed by atoms with Crippen molar-refractivity contribution in [2.75, 3.05) is 40.1 Å². The number of hydrogen-bond donors (Lipinski definition) is 6. The molecular formula is C25H30N4O8. The fourth-order valence-corrected chi connectivity index (χ4v) is 5.84. The van der Waals surface area contributed by atoms with Crippen LogP contribution < -0.4 is 11.1 Å². The molecule has 0 radical (unpaired) electrons. The Labute approximate surface area is 212 Å². The summed E-state index contributed by atoms with van der Waals surface area (Å²) in [7, 11) is 6.51. The number of carbonyl (C=O) groups is 4. The first-order chi connectivity index (χ1) is 17.2. The number of rotatable bonds is 5. The summed E-state index contributed by atoms with van der Waals surface area (Å²) in [5, 5.41) is 47.0. The first kappa shape index (κ1) is 26.3. The van der Waals surface area contributed by atoms with Crippen molar-refractivity contribution in [3.63, 3.8) is 0 Å². The van der Waals surface area contributed by atoms with Crippen molar-refractivity contribution in [3.8, 4) is 5.75 Å². The Morgan fingerprint density at radius 1 is 1.14 bits per heavy atom. The molecular weight excluding hydrogens is 484 g/mol. The lowest BCUT2D eigenvalue weighted by Gasteiger charge is -2.50. The van der Waals surface area contributed by atoms with Crippen LogP contribution in [0.4, 0.5) is 5.69 Å². The molecule has 198 valence electrons. The van der Waals surface area contributed by atoms with Crippen molar-refractivity contribution < 1.29 is 39.6 Å². The highest BCUT2D eigenvalue weighted by atomic mass is 16.3. The third-order valence-electron chi connectivity index (χ3n) is 7.34. The summed E-state index contributed by atoms with van der Waals surface area (Å²) in [5.41, 5.74) is 2.14. The van der Waals surface area contributed by atoms with Gasteiger partial charge in [0, 0.05) is 17.2 Å². The largest absolute Gasteiger partial charge is 0.508 e. The molecule has 0 aliphatic heterocycles. The fraction of sp³-hybridized carbons (Fsp3) is 0.440. The number of aromatic hydroxyl groups is 1. The van der Waals surface area contributed by atoms with Gasteiger partial charge in [-0.15, -0.1) is 0 Å². The van der Waals surface area contributed by atoms with Crippen LogP contribution in [0.5, 0.6) is 5.75 Å². The second-order valence-electron chi connectivity index (χ2n) is 10.2. The van der Waals surface area contributed by atoms with E-state index in [0.717, 1.165) is 0 Å². The van der Waals surface area contributed by atoms with Crippen LogP contribution in [0.1, 0.15) is 17.5 Å². The Bertz CT molecular complexity index is 1300. The monoisotopic (exact) mass is 514 g/mol. The van der Waals surface area contributed by atoms with Crippen LogP contribution in [-0.2, 0) is 25.6 Å². The van der Waals surface area contributed by atoms with Crippen molar-refractivity contribution in [3.05, 3.63) is 40.2 Å². The zero-order valence-corrected chi connectivity index (χ0v) is 20.9. The molecule has 2 amide bonds. The molecule has 0 unspecified atom stereocenters. The van der Waals surface area contributed by atoms with Gasteiger partial charge in [-0.1, -0.05) is 0 Å². The van der Waals surface area contributed by atoms with Gasteiger partial charge in [0.1, 0.15) is 22.8 Å². The number of Topliss-reactive ketones (excluding diaryl/α,β-unsaturated/α-hetero) is 2. The van der Waals surface area contributed by atoms with Crippen LogP contribution in [0.25, 0.3) is 5.76 Å². The van der Waals surface area contributed by atoms with E-state index in [1.165, 1.54) is 31.1 Å². The minimum absolute atomic E-state index is 0.0352. The van der Waals surface area contributed by atoms with Gasteiger partial charge in [-0.2, -0.15) is 0 Å². The minimum Gasteiger partial charge on any atom is -0.508 e. The van der Waals surface area contributed by atoms with E-state index in [4.69, 9.17) is 5.73 Å². The average Bonchev–Trinajstić information content (AvgIpc) is 2.77. The molecule has 1 aromatic carbocycles. The standard InChI is InChI=1S/C25H30N4O8/c1-28(2)9-15(31)27-13-5-6-14(30)17-11(13)7-10-8-12-19(29(3)4)21(33)18(24(26)36)23(35)25(12,37)22(34)16(10)20(17)32/h5-6,10,12,19,30,32,35,37H,7-9H2,1-4H3,(H2,26,36)(H,27,31)/t10-,12-,19-,25-/m0/s1. The molecule has 4 atom stereocenters. The number of aliphatic hydroxyl groups excluding tert-OH is 2. The molecule has 4 rings (SSSR count). The molecule has 3 aliphatic rings. The summed E-state index contributed by atoms with van der Waals surface area (Å²) < 4.78 is 0. The van der Waals surface area contributed by atoms with E-state index in [-0.39, 0.29) is 42.2 Å². The van der Waals surface area contributed by atoms with Gasteiger partial charge in [-0.3, -0.25) is 24.1 Å². The van der Waals surface area contributed by atoms with Crippen molar-refractivity contribution in [1.29, 1.82) is 0 Å². The van der Waals surface area contributed by atoms with E-state index in [0.29, 0.717) is 11.3 Å². The highest BCUT2D eigenvalue weighted by Gasteiger charge is 2.64. The van der Waals surface area contributed by atoms with E-state index >= 15 is 0 Å². The first-order valence-corrected chi connectivity index (χ1v) is 11.7. The number of ketones is 2. The number of primary amides is 1. The van der Waals surface area contributed by atoms with Gasteiger partial charge in [0.05, 0.1) is 18.2 Å². The predicted molar refractivity (Wildman–Crippen MR) is 131 cm³/mol. The van der Waals surface area contributed by atoms with Crippen molar-refractivity contribution in [2.45, 2.75) is 24.5 Å². The number of phenols is 1. The summed E-state index contributed by atoms with van der Waals surface area (Å²) in [5.74, 6) is -7.54. The third-order valence-corrected chi connectivity index (χ3v) is 7.34. The second-order valence-corrected chi connectivity index (χ2v) is 10.2. The Kier molecular flexibility index (Phi) is 6.39. The highest BCUT2D eigenvalue weighted by molar-refractivity contribution is 6.24. The van der Waals surface area contributed by atoms with Crippen LogP contribution in [0.2, 0.25) is 0 Å². The van der Waals surface area contributed by atoms with Crippen molar-refractivity contribution >= 4 is 34.8 Å². The average molecular weight is 515 g/mol. The molecule has 0 bridgehead atoms. The van der Waals surface area contributed by atoms with Gasteiger partial charge in [0.25, 0.3) is 5.91 Å². The number of benzene rings is 1. The minimum atomic E-state index is -2.70. The third kappa shape index (κ3) is 3.88. The van der Waals surface area contributed by atoms with E-state index in [1.807, 2.05) is 0 Å². The lowest BCUT2D eigenvalue weighted by molar-refractivity contribution is -0.153. The van der Waals surface area contributed by atoms with E-state index in [1.54, 1.807) is 19.0 Å². The number of nitrogens with one attached hydrogen (secondary N) is 1. The summed E-state index contributed by atoms with van der Waals surface area (Å²) in [6.45, 7) is 0.0835. The summed E-state index contributed by atoms with van der Waals surface area (Å²) in [6, 6.07) is 1.58. The maximum Gasteiger partial charge on any atom is 0.255 e. The molecule has 1 fully saturated rings. The molecule has 1 aromatic rings. The van der Waals surface area contributed by atoms with Gasteiger partial charge < -0.3 is 36.4 Å². The molecule has 0 aromatic heterocycles. The fourth-order valence-electron chi connectivity index (χ4n) is 5.84. The second kappa shape index (κ2) is 8.98. The SMILES string of the molecule is CN(C)CC(=O)Nc1ccc(O)c2c1C[C@H]1C[C@H]3[C@H](N(C)C)C(=O)C(C(N)=O)=C(O)[C@@]3(O)C(=O)C1=C2O. The predicted octanol–water partition coefficient (Wildman–Crippen LogP) is -0.536. The molecule has 0 heterocycles. The number of amides is 2.